The molecule has 3 nitrogen and oxygen atoms in total. The summed E-state index contributed by atoms with van der Waals surface area (Å²) in [6, 6.07) is 17.6. The molecule has 0 saturated carbocycles. The number of aliphatic hydroxyl groups is 3. The van der Waals surface area contributed by atoms with Crippen molar-refractivity contribution in [1.82, 2.24) is 0 Å². The van der Waals surface area contributed by atoms with Crippen LogP contribution in [0.25, 0.3) is 21.5 Å². The fourth-order valence-corrected chi connectivity index (χ4v) is 2.63. The second kappa shape index (κ2) is 5.21. The first kappa shape index (κ1) is 13.1. The Morgan fingerprint density at radius 3 is 2.10 bits per heavy atom. The van der Waals surface area contributed by atoms with Crippen LogP contribution in [0.5, 0.6) is 0 Å². The lowest BCUT2D eigenvalue weighted by molar-refractivity contribution is -0.0145. The molecule has 0 saturated heterocycles. The van der Waals surface area contributed by atoms with Crippen LogP contribution < -0.4 is 0 Å². The molecule has 0 aliphatic carbocycles. The predicted molar refractivity (Wildman–Crippen MR) is 79.5 cm³/mol. The maximum Gasteiger partial charge on any atom is 0.108 e. The minimum atomic E-state index is -1.18. The number of hydrogen-bond donors (Lipinski definition) is 3. The topological polar surface area (TPSA) is 60.7 Å². The minimum Gasteiger partial charge on any atom is -0.394 e. The Hall–Kier alpha value is -1.94. The smallest absolute Gasteiger partial charge is 0.108 e. The average Bonchev–Trinajstić information content (AvgIpc) is 2.52. The van der Waals surface area contributed by atoms with E-state index >= 15 is 0 Å². The third-order valence-electron chi connectivity index (χ3n) is 3.67. The van der Waals surface area contributed by atoms with Crippen LogP contribution >= 0.6 is 0 Å². The summed E-state index contributed by atoms with van der Waals surface area (Å²) in [4.78, 5) is 0. The lowest BCUT2D eigenvalue weighted by atomic mass is 9.93. The van der Waals surface area contributed by atoms with Gasteiger partial charge in [0.15, 0.2) is 0 Å². The SMILES string of the molecule is OCC(O)C(O)c1cc2ccccc2c2ccccc12. The molecule has 2 unspecified atom stereocenters. The summed E-state index contributed by atoms with van der Waals surface area (Å²) >= 11 is 0. The highest BCUT2D eigenvalue weighted by Gasteiger charge is 2.20. The molecule has 0 radical (unpaired) electrons. The molecule has 0 aliphatic heterocycles. The number of rotatable bonds is 3. The van der Waals surface area contributed by atoms with E-state index in [0.717, 1.165) is 21.5 Å². The number of benzene rings is 3. The van der Waals surface area contributed by atoms with Crippen molar-refractivity contribution in [1.29, 1.82) is 0 Å². The quantitative estimate of drug-likeness (QED) is 0.639. The van der Waals surface area contributed by atoms with Crippen molar-refractivity contribution in [2.75, 3.05) is 6.61 Å². The van der Waals surface area contributed by atoms with E-state index in [4.69, 9.17) is 5.11 Å². The van der Waals surface area contributed by atoms with Gasteiger partial charge >= 0.3 is 0 Å². The molecule has 0 aromatic heterocycles. The normalized spacial score (nSPS) is 14.6. The summed E-state index contributed by atoms with van der Waals surface area (Å²) in [5.74, 6) is 0. The molecule has 20 heavy (non-hydrogen) atoms. The van der Waals surface area contributed by atoms with Gasteiger partial charge in [-0.15, -0.1) is 0 Å². The lowest BCUT2D eigenvalue weighted by Crippen LogP contribution is -2.22. The van der Waals surface area contributed by atoms with Gasteiger partial charge in [0.25, 0.3) is 0 Å². The van der Waals surface area contributed by atoms with Crippen LogP contribution in [-0.2, 0) is 0 Å². The molecule has 0 spiro atoms. The molecule has 0 amide bonds. The van der Waals surface area contributed by atoms with Crippen LogP contribution in [0.1, 0.15) is 11.7 Å². The Labute approximate surface area is 116 Å². The van der Waals surface area contributed by atoms with Crippen LogP contribution in [0, 0.1) is 0 Å². The van der Waals surface area contributed by atoms with E-state index in [0.29, 0.717) is 5.56 Å². The van der Waals surface area contributed by atoms with Gasteiger partial charge in [0.1, 0.15) is 12.2 Å². The maximum absolute atomic E-state index is 10.2. The van der Waals surface area contributed by atoms with Crippen molar-refractivity contribution >= 4 is 21.5 Å². The lowest BCUT2D eigenvalue weighted by Gasteiger charge is -2.19. The molecule has 0 heterocycles. The standard InChI is InChI=1S/C17H16O3/c18-10-16(19)17(20)15-9-11-5-1-2-6-12(11)13-7-3-4-8-14(13)15/h1-9,16-20H,10H2. The zero-order valence-corrected chi connectivity index (χ0v) is 10.9. The molecule has 0 fully saturated rings. The summed E-state index contributed by atoms with van der Waals surface area (Å²) in [7, 11) is 0. The van der Waals surface area contributed by atoms with E-state index in [9.17, 15) is 10.2 Å². The molecule has 0 bridgehead atoms. The van der Waals surface area contributed by atoms with Crippen molar-refractivity contribution in [3.63, 3.8) is 0 Å². The van der Waals surface area contributed by atoms with Gasteiger partial charge < -0.3 is 15.3 Å². The van der Waals surface area contributed by atoms with Gasteiger partial charge in [0.2, 0.25) is 0 Å². The second-order valence-corrected chi connectivity index (χ2v) is 4.93. The van der Waals surface area contributed by atoms with Gasteiger partial charge in [-0.2, -0.15) is 0 Å². The van der Waals surface area contributed by atoms with E-state index in [1.54, 1.807) is 0 Å². The molecule has 3 aromatic rings. The van der Waals surface area contributed by atoms with Crippen LogP contribution in [0.3, 0.4) is 0 Å². The van der Waals surface area contributed by atoms with Crippen molar-refractivity contribution in [2.45, 2.75) is 12.2 Å². The third-order valence-corrected chi connectivity index (χ3v) is 3.67. The maximum atomic E-state index is 10.2. The highest BCUT2D eigenvalue weighted by atomic mass is 16.4. The summed E-state index contributed by atoms with van der Waals surface area (Å²) in [6.07, 6.45) is -2.28. The molecular formula is C17H16O3. The average molecular weight is 268 g/mol. The van der Waals surface area contributed by atoms with E-state index < -0.39 is 18.8 Å². The van der Waals surface area contributed by atoms with E-state index in [2.05, 4.69) is 0 Å². The van der Waals surface area contributed by atoms with Gasteiger partial charge in [0, 0.05) is 0 Å². The monoisotopic (exact) mass is 268 g/mol. The third kappa shape index (κ3) is 2.06. The van der Waals surface area contributed by atoms with Crippen molar-refractivity contribution in [3.05, 3.63) is 60.2 Å². The molecule has 3 rings (SSSR count). The summed E-state index contributed by atoms with van der Waals surface area (Å²) < 4.78 is 0. The van der Waals surface area contributed by atoms with Crippen molar-refractivity contribution in [2.24, 2.45) is 0 Å². The summed E-state index contributed by atoms with van der Waals surface area (Å²) in [5.41, 5.74) is 0.640. The molecule has 3 heteroatoms. The highest BCUT2D eigenvalue weighted by Crippen LogP contribution is 2.32. The van der Waals surface area contributed by atoms with Gasteiger partial charge in [-0.05, 0) is 33.2 Å². The Bertz CT molecular complexity index is 751. The van der Waals surface area contributed by atoms with Gasteiger partial charge in [-0.1, -0.05) is 48.5 Å². The number of aliphatic hydroxyl groups excluding tert-OH is 3. The van der Waals surface area contributed by atoms with Crippen LogP contribution in [-0.4, -0.2) is 28.0 Å². The van der Waals surface area contributed by atoms with Crippen molar-refractivity contribution < 1.29 is 15.3 Å². The van der Waals surface area contributed by atoms with Gasteiger partial charge in [-0.3, -0.25) is 0 Å². The van der Waals surface area contributed by atoms with E-state index in [1.165, 1.54) is 0 Å². The van der Waals surface area contributed by atoms with Crippen LogP contribution in [0.4, 0.5) is 0 Å². The molecule has 102 valence electrons. The summed E-state index contributed by atoms with van der Waals surface area (Å²) in [6.45, 7) is -0.470. The Morgan fingerprint density at radius 2 is 1.40 bits per heavy atom. The van der Waals surface area contributed by atoms with E-state index in [-0.39, 0.29) is 0 Å². The fraction of sp³-hybridized carbons (Fsp3) is 0.176. The Balaban J connectivity index is 2.34. The zero-order valence-electron chi connectivity index (χ0n) is 10.9. The first-order chi connectivity index (χ1) is 9.72. The van der Waals surface area contributed by atoms with E-state index in [1.807, 2.05) is 54.6 Å². The fourth-order valence-electron chi connectivity index (χ4n) is 2.63. The zero-order chi connectivity index (χ0) is 14.1. The Morgan fingerprint density at radius 1 is 0.800 bits per heavy atom. The minimum absolute atomic E-state index is 0.470. The first-order valence-corrected chi connectivity index (χ1v) is 6.59. The summed E-state index contributed by atoms with van der Waals surface area (Å²) in [5, 5.41) is 33.0. The van der Waals surface area contributed by atoms with Gasteiger partial charge in [-0.25, -0.2) is 0 Å². The second-order valence-electron chi connectivity index (χ2n) is 4.93. The number of fused-ring (bicyclic) bond motifs is 3. The van der Waals surface area contributed by atoms with Crippen molar-refractivity contribution in [3.8, 4) is 0 Å². The van der Waals surface area contributed by atoms with Crippen LogP contribution in [0.15, 0.2) is 54.6 Å². The molecular weight excluding hydrogens is 252 g/mol. The van der Waals surface area contributed by atoms with Gasteiger partial charge in [0.05, 0.1) is 6.61 Å². The first-order valence-electron chi connectivity index (χ1n) is 6.59. The molecule has 3 N–H and O–H groups in total. The molecule has 2 atom stereocenters. The number of hydrogen-bond acceptors (Lipinski definition) is 3. The molecule has 0 aliphatic rings. The largest absolute Gasteiger partial charge is 0.394 e. The highest BCUT2D eigenvalue weighted by molar-refractivity contribution is 6.09. The predicted octanol–water partition coefficient (Wildman–Crippen LogP) is 2.38. The Kier molecular flexibility index (Phi) is 3.40. The molecule has 3 aromatic carbocycles. The van der Waals surface area contributed by atoms with Crippen LogP contribution in [0.2, 0.25) is 0 Å².